The molecule has 234 valence electrons. The van der Waals surface area contributed by atoms with Gasteiger partial charge in [0.1, 0.15) is 11.5 Å². The van der Waals surface area contributed by atoms with Gasteiger partial charge in [-0.05, 0) is 48.2 Å². The van der Waals surface area contributed by atoms with Crippen LogP contribution < -0.4 is 0 Å². The number of unbranched alkanes of at least 4 members (excludes halogenated alkanes) is 14. The molecule has 0 unspecified atom stereocenters. The molecule has 0 saturated heterocycles. The fourth-order valence-corrected chi connectivity index (χ4v) is 5.36. The Labute approximate surface area is 252 Å². The molecule has 0 aliphatic heterocycles. The van der Waals surface area contributed by atoms with Crippen LogP contribution in [0.3, 0.4) is 0 Å². The maximum Gasteiger partial charge on any atom is 0.329 e. The first-order valence-electron chi connectivity index (χ1n) is 16.1. The lowest BCUT2D eigenvalue weighted by Gasteiger charge is -2.26. The normalized spacial score (nSPS) is 11.5. The molecule has 0 saturated carbocycles. The number of aromatic hydroxyl groups is 2. The Morgan fingerprint density at radius 2 is 0.805 bits per heavy atom. The Morgan fingerprint density at radius 3 is 1.12 bits per heavy atom. The van der Waals surface area contributed by atoms with Crippen LogP contribution in [0.2, 0.25) is 0 Å². The summed E-state index contributed by atoms with van der Waals surface area (Å²) in [5.41, 5.74) is 2.10. The fraction of sp³-hybridized carbons (Fsp3) is 0.657. The van der Waals surface area contributed by atoms with Crippen LogP contribution >= 0.6 is 8.60 Å². The smallest absolute Gasteiger partial charge is 0.329 e. The molecule has 0 aliphatic rings. The van der Waals surface area contributed by atoms with Crippen molar-refractivity contribution in [3.05, 3.63) is 59.7 Å². The highest BCUT2D eigenvalue weighted by Gasteiger charge is 2.22. The molecule has 3 N–H and O–H groups in total. The van der Waals surface area contributed by atoms with Crippen LogP contribution in [0, 0.1) is 0 Å². The average molecular weight is 591 g/mol. The Kier molecular flexibility index (Phi) is 21.8. The summed E-state index contributed by atoms with van der Waals surface area (Å²) >= 11 is 0. The van der Waals surface area contributed by atoms with Crippen molar-refractivity contribution in [3.63, 3.8) is 0 Å². The molecular weight excluding hydrogens is 531 g/mol. The van der Waals surface area contributed by atoms with Gasteiger partial charge in [0.15, 0.2) is 0 Å². The molecule has 0 amide bonds. The largest absolute Gasteiger partial charge is 0.508 e. The van der Waals surface area contributed by atoms with E-state index < -0.39 is 8.60 Å². The Hall–Kier alpha value is -1.65. The Morgan fingerprint density at radius 1 is 0.512 bits per heavy atom. The summed E-state index contributed by atoms with van der Waals surface area (Å²) in [4.78, 5) is 9.67. The van der Waals surface area contributed by atoms with E-state index in [1.165, 1.54) is 89.9 Å². The van der Waals surface area contributed by atoms with Gasteiger partial charge in [-0.25, -0.2) is 0 Å². The third-order valence-electron chi connectivity index (χ3n) is 7.58. The molecular formula is C35H59O5P. The van der Waals surface area contributed by atoms with Crippen LogP contribution in [0.15, 0.2) is 48.5 Å². The summed E-state index contributed by atoms with van der Waals surface area (Å²) in [6.07, 6.45) is 20.6. The second kappa shape index (κ2) is 23.9. The number of benzene rings is 2. The number of phenolic OH excluding ortho intramolecular Hbond substituents is 2. The molecule has 2 aromatic carbocycles. The molecule has 0 aliphatic carbocycles. The third kappa shape index (κ3) is 18.5. The number of phenols is 2. The fourth-order valence-electron chi connectivity index (χ4n) is 4.72. The summed E-state index contributed by atoms with van der Waals surface area (Å²) < 4.78 is 10.7. The Balaban J connectivity index is 0.000000431. The maximum absolute atomic E-state index is 9.67. The van der Waals surface area contributed by atoms with E-state index in [1.54, 1.807) is 24.3 Å². The highest BCUT2D eigenvalue weighted by molar-refractivity contribution is 7.40. The van der Waals surface area contributed by atoms with E-state index in [1.807, 2.05) is 24.3 Å². The van der Waals surface area contributed by atoms with E-state index in [4.69, 9.17) is 9.05 Å². The van der Waals surface area contributed by atoms with Crippen molar-refractivity contribution in [1.82, 2.24) is 0 Å². The van der Waals surface area contributed by atoms with Crippen molar-refractivity contribution in [2.75, 3.05) is 13.2 Å². The van der Waals surface area contributed by atoms with E-state index >= 15 is 0 Å². The summed E-state index contributed by atoms with van der Waals surface area (Å²) in [7, 11) is -1.65. The van der Waals surface area contributed by atoms with Crippen LogP contribution in [-0.4, -0.2) is 28.3 Å². The minimum atomic E-state index is -1.65. The van der Waals surface area contributed by atoms with Gasteiger partial charge in [0.2, 0.25) is 0 Å². The van der Waals surface area contributed by atoms with Gasteiger partial charge in [0, 0.05) is 5.41 Å². The van der Waals surface area contributed by atoms with Crippen LogP contribution in [0.4, 0.5) is 0 Å². The molecule has 0 spiro atoms. The molecule has 5 nitrogen and oxygen atoms in total. The zero-order chi connectivity index (χ0) is 30.2. The molecule has 41 heavy (non-hydrogen) atoms. The minimum absolute atomic E-state index is 0.151. The second-order valence-electron chi connectivity index (χ2n) is 11.6. The molecule has 0 aromatic heterocycles. The van der Waals surface area contributed by atoms with Gasteiger partial charge in [-0.2, -0.15) is 0 Å². The van der Waals surface area contributed by atoms with E-state index in [2.05, 4.69) is 27.7 Å². The summed E-state index contributed by atoms with van der Waals surface area (Å²) in [6.45, 7) is 10.0. The van der Waals surface area contributed by atoms with Gasteiger partial charge in [-0.15, -0.1) is 0 Å². The van der Waals surface area contributed by atoms with Crippen LogP contribution in [0.25, 0.3) is 0 Å². The standard InChI is InChI=1S/C20H43O3P.C15H16O2/c1-3-5-7-9-11-13-15-17-19-22-24(21)23-20-18-16-14-12-10-8-6-4-2;1-15(2,11-3-7-13(16)8-4-11)12-5-9-14(17)10-6-12/h21H,3-20H2,1-2H3;3-10,16-17H,1-2H3. The topological polar surface area (TPSA) is 79.2 Å². The Bertz CT molecular complexity index is 784. The first kappa shape index (κ1) is 37.4. The molecule has 0 bridgehead atoms. The van der Waals surface area contributed by atoms with Gasteiger partial charge in [-0.1, -0.05) is 142 Å². The van der Waals surface area contributed by atoms with E-state index in [-0.39, 0.29) is 16.9 Å². The monoisotopic (exact) mass is 590 g/mol. The van der Waals surface area contributed by atoms with Gasteiger partial charge < -0.3 is 24.2 Å². The molecule has 0 atom stereocenters. The zero-order valence-electron chi connectivity index (χ0n) is 26.5. The van der Waals surface area contributed by atoms with Crippen molar-refractivity contribution in [2.45, 2.75) is 136 Å². The number of hydrogen-bond donors (Lipinski definition) is 3. The molecule has 0 heterocycles. The van der Waals surface area contributed by atoms with Crippen molar-refractivity contribution in [1.29, 1.82) is 0 Å². The number of hydrogen-bond acceptors (Lipinski definition) is 5. The van der Waals surface area contributed by atoms with Crippen molar-refractivity contribution < 1.29 is 24.2 Å². The first-order chi connectivity index (χ1) is 19.8. The van der Waals surface area contributed by atoms with Crippen LogP contribution in [0.5, 0.6) is 11.5 Å². The average Bonchev–Trinajstić information content (AvgIpc) is 2.96. The SMILES string of the molecule is CC(C)(c1ccc(O)cc1)c1ccc(O)cc1.CCCCCCCCCCOP(O)OCCCCCCCCCC. The van der Waals surface area contributed by atoms with E-state index in [9.17, 15) is 15.1 Å². The van der Waals surface area contributed by atoms with Gasteiger partial charge in [-0.3, -0.25) is 0 Å². The maximum atomic E-state index is 9.67. The quantitative estimate of drug-likeness (QED) is 0.0939. The van der Waals surface area contributed by atoms with Crippen LogP contribution in [-0.2, 0) is 14.5 Å². The highest BCUT2D eigenvalue weighted by atomic mass is 31.2. The van der Waals surface area contributed by atoms with Gasteiger partial charge in [0.25, 0.3) is 0 Å². The lowest BCUT2D eigenvalue weighted by Crippen LogP contribution is -2.18. The van der Waals surface area contributed by atoms with Crippen molar-refractivity contribution in [3.8, 4) is 11.5 Å². The summed E-state index contributed by atoms with van der Waals surface area (Å²) in [6, 6.07) is 14.4. The lowest BCUT2D eigenvalue weighted by molar-refractivity contribution is 0.193. The molecule has 2 aromatic rings. The zero-order valence-corrected chi connectivity index (χ0v) is 27.3. The van der Waals surface area contributed by atoms with Crippen molar-refractivity contribution >= 4 is 8.60 Å². The van der Waals surface area contributed by atoms with Gasteiger partial charge >= 0.3 is 8.60 Å². The number of rotatable bonds is 22. The van der Waals surface area contributed by atoms with E-state index in [0.717, 1.165) is 24.0 Å². The molecule has 6 heteroatoms. The summed E-state index contributed by atoms with van der Waals surface area (Å²) in [5, 5.41) is 18.6. The molecule has 0 fully saturated rings. The van der Waals surface area contributed by atoms with E-state index in [0.29, 0.717) is 13.2 Å². The highest BCUT2D eigenvalue weighted by Crippen LogP contribution is 2.34. The second-order valence-corrected chi connectivity index (χ2v) is 12.6. The molecule has 0 radical (unpaired) electrons. The minimum Gasteiger partial charge on any atom is -0.508 e. The van der Waals surface area contributed by atoms with Gasteiger partial charge in [0.05, 0.1) is 13.2 Å². The lowest BCUT2D eigenvalue weighted by atomic mass is 9.78. The third-order valence-corrected chi connectivity index (χ3v) is 8.38. The predicted octanol–water partition coefficient (Wildman–Crippen LogP) is 10.9. The van der Waals surface area contributed by atoms with Crippen molar-refractivity contribution in [2.24, 2.45) is 0 Å². The molecule has 2 rings (SSSR count). The first-order valence-corrected chi connectivity index (χ1v) is 17.3. The van der Waals surface area contributed by atoms with Crippen LogP contribution in [0.1, 0.15) is 142 Å². The predicted molar refractivity (Wildman–Crippen MR) is 175 cm³/mol. The summed E-state index contributed by atoms with van der Waals surface area (Å²) in [5.74, 6) is 0.547.